The van der Waals surface area contributed by atoms with Crippen LogP contribution >= 0.6 is 22.9 Å². The highest BCUT2D eigenvalue weighted by molar-refractivity contribution is 7.13. The third kappa shape index (κ3) is 4.42. The predicted octanol–water partition coefficient (Wildman–Crippen LogP) is 4.46. The van der Waals surface area contributed by atoms with E-state index in [-0.39, 0.29) is 28.6 Å². The van der Waals surface area contributed by atoms with E-state index in [0.29, 0.717) is 22.4 Å². The second-order valence-electron chi connectivity index (χ2n) is 6.73. The molecule has 0 saturated heterocycles. The van der Waals surface area contributed by atoms with Gasteiger partial charge in [0.1, 0.15) is 5.02 Å². The highest BCUT2D eigenvalue weighted by Crippen LogP contribution is 2.35. The number of carbonyl (C=O) groups is 1. The van der Waals surface area contributed by atoms with E-state index in [1.807, 2.05) is 19.2 Å². The minimum absolute atomic E-state index is 0.109. The van der Waals surface area contributed by atoms with Crippen LogP contribution in [0.1, 0.15) is 28.3 Å². The summed E-state index contributed by atoms with van der Waals surface area (Å²) in [4.78, 5) is 17.3. The van der Waals surface area contributed by atoms with E-state index in [1.54, 1.807) is 22.2 Å². The number of hydrogen-bond acceptors (Lipinski definition) is 5. The lowest BCUT2D eigenvalue weighted by Gasteiger charge is -2.10. The fourth-order valence-corrected chi connectivity index (χ4v) is 3.94. The second-order valence-corrected chi connectivity index (χ2v) is 8.05. The molecular formula is C19H16ClF3N6OS. The fraction of sp³-hybridized carbons (Fsp3) is 0.263. The van der Waals surface area contributed by atoms with Gasteiger partial charge < -0.3 is 5.32 Å². The third-order valence-corrected chi connectivity index (χ3v) is 5.68. The average molecular weight is 469 g/mol. The van der Waals surface area contributed by atoms with Gasteiger partial charge in [-0.1, -0.05) is 17.7 Å². The lowest BCUT2D eigenvalue weighted by Crippen LogP contribution is -2.26. The van der Waals surface area contributed by atoms with Crippen molar-refractivity contribution in [2.75, 3.05) is 6.54 Å². The van der Waals surface area contributed by atoms with Crippen LogP contribution in [-0.2, 0) is 12.7 Å². The van der Waals surface area contributed by atoms with Gasteiger partial charge in [-0.05, 0) is 36.9 Å². The van der Waals surface area contributed by atoms with Crippen LogP contribution in [0.3, 0.4) is 0 Å². The molecule has 7 nitrogen and oxygen atoms in total. The topological polar surface area (TPSA) is 77.1 Å². The number of thiophene rings is 1. The molecule has 162 valence electrons. The Morgan fingerprint density at radius 2 is 2.10 bits per heavy atom. The van der Waals surface area contributed by atoms with E-state index in [4.69, 9.17) is 11.6 Å². The predicted molar refractivity (Wildman–Crippen MR) is 110 cm³/mol. The Hall–Kier alpha value is -2.92. The Kier molecular flexibility index (Phi) is 5.71. The molecule has 4 aromatic heterocycles. The maximum absolute atomic E-state index is 13.7. The third-order valence-electron chi connectivity index (χ3n) is 4.44. The van der Waals surface area contributed by atoms with E-state index >= 15 is 0 Å². The smallest absolute Gasteiger partial charge is 0.351 e. The zero-order valence-electron chi connectivity index (χ0n) is 16.1. The van der Waals surface area contributed by atoms with E-state index in [2.05, 4.69) is 20.5 Å². The quantitative estimate of drug-likeness (QED) is 0.424. The number of nitrogens with one attached hydrogen (secondary N) is 1. The molecule has 4 rings (SSSR count). The number of fused-ring (bicyclic) bond motifs is 1. The summed E-state index contributed by atoms with van der Waals surface area (Å²) in [6, 6.07) is 6.13. The Balaban J connectivity index is 1.59. The van der Waals surface area contributed by atoms with Crippen molar-refractivity contribution in [3.63, 3.8) is 0 Å². The molecule has 0 aliphatic carbocycles. The maximum atomic E-state index is 13.7. The molecule has 0 aromatic carbocycles. The molecule has 0 radical (unpaired) electrons. The number of nitrogens with zero attached hydrogens (tertiary/aromatic N) is 5. The standard InChI is InChI=1S/C19H16ClF3N6OS/c1-11-5-8-28(26-11)7-3-6-24-18(30)16-15(20)17-25-12(13-4-2-9-31-13)10-14(19(21,22)23)29(17)27-16/h2,4-5,8-10H,3,6-7H2,1H3,(H,24,30). The lowest BCUT2D eigenvalue weighted by molar-refractivity contribution is -0.142. The maximum Gasteiger partial charge on any atom is 0.433 e. The summed E-state index contributed by atoms with van der Waals surface area (Å²) in [7, 11) is 0. The molecule has 4 heterocycles. The van der Waals surface area contributed by atoms with Gasteiger partial charge in [0.25, 0.3) is 5.91 Å². The average Bonchev–Trinajstić information content (AvgIpc) is 3.45. The summed E-state index contributed by atoms with van der Waals surface area (Å²) in [5, 5.41) is 12.2. The highest BCUT2D eigenvalue weighted by atomic mass is 35.5. The summed E-state index contributed by atoms with van der Waals surface area (Å²) in [5.41, 5.74) is -0.598. The summed E-state index contributed by atoms with van der Waals surface area (Å²) in [6.07, 6.45) is -2.31. The first-order valence-corrected chi connectivity index (χ1v) is 10.5. The number of aromatic nitrogens is 5. The van der Waals surface area contributed by atoms with Gasteiger partial charge in [-0.15, -0.1) is 11.3 Å². The molecule has 0 unspecified atom stereocenters. The number of aryl methyl sites for hydroxylation is 2. The van der Waals surface area contributed by atoms with Crippen molar-refractivity contribution in [1.29, 1.82) is 0 Å². The summed E-state index contributed by atoms with van der Waals surface area (Å²) >= 11 is 7.48. The molecule has 0 atom stereocenters. The Bertz CT molecular complexity index is 1230. The van der Waals surface area contributed by atoms with Crippen molar-refractivity contribution in [1.82, 2.24) is 29.7 Å². The molecule has 0 fully saturated rings. The van der Waals surface area contributed by atoms with Crippen LogP contribution in [0.4, 0.5) is 13.2 Å². The molecule has 1 amide bonds. The van der Waals surface area contributed by atoms with E-state index in [1.165, 1.54) is 11.3 Å². The molecule has 0 saturated carbocycles. The van der Waals surface area contributed by atoms with E-state index in [9.17, 15) is 18.0 Å². The van der Waals surface area contributed by atoms with Crippen molar-refractivity contribution < 1.29 is 18.0 Å². The van der Waals surface area contributed by atoms with Crippen LogP contribution in [0.15, 0.2) is 35.8 Å². The van der Waals surface area contributed by atoms with Crippen molar-refractivity contribution >= 4 is 34.5 Å². The molecule has 31 heavy (non-hydrogen) atoms. The van der Waals surface area contributed by atoms with Crippen LogP contribution in [0.5, 0.6) is 0 Å². The molecule has 1 N–H and O–H groups in total. The van der Waals surface area contributed by atoms with Gasteiger partial charge in [0.15, 0.2) is 17.0 Å². The molecule has 12 heteroatoms. The lowest BCUT2D eigenvalue weighted by atomic mass is 10.2. The first-order chi connectivity index (χ1) is 14.7. The largest absolute Gasteiger partial charge is 0.433 e. The van der Waals surface area contributed by atoms with Crippen molar-refractivity contribution in [3.05, 3.63) is 57.9 Å². The monoisotopic (exact) mass is 468 g/mol. The fourth-order valence-electron chi connectivity index (χ4n) is 3.00. The molecule has 4 aromatic rings. The molecule has 0 aliphatic rings. The van der Waals surface area contributed by atoms with E-state index in [0.717, 1.165) is 11.8 Å². The number of amides is 1. The van der Waals surface area contributed by atoms with Gasteiger partial charge in [-0.2, -0.15) is 23.4 Å². The Labute approximate surface area is 183 Å². The van der Waals surface area contributed by atoms with Crippen LogP contribution in [0.2, 0.25) is 5.02 Å². The normalized spacial score (nSPS) is 11.9. The zero-order chi connectivity index (χ0) is 22.2. The minimum atomic E-state index is -4.71. The SMILES string of the molecule is Cc1ccn(CCCNC(=O)c2nn3c(C(F)(F)F)cc(-c4cccs4)nc3c2Cl)n1. The van der Waals surface area contributed by atoms with Gasteiger partial charge in [0.05, 0.1) is 16.3 Å². The number of halogens is 4. The van der Waals surface area contributed by atoms with Gasteiger partial charge in [0.2, 0.25) is 0 Å². The number of hydrogen-bond donors (Lipinski definition) is 1. The summed E-state index contributed by atoms with van der Waals surface area (Å²) in [5.74, 6) is -0.669. The Morgan fingerprint density at radius 1 is 1.29 bits per heavy atom. The van der Waals surface area contributed by atoms with Gasteiger partial charge in [-0.25, -0.2) is 9.50 Å². The molecule has 0 spiro atoms. The van der Waals surface area contributed by atoms with Gasteiger partial charge >= 0.3 is 6.18 Å². The van der Waals surface area contributed by atoms with E-state index < -0.39 is 17.8 Å². The van der Waals surface area contributed by atoms with Gasteiger partial charge in [-0.3, -0.25) is 9.48 Å². The van der Waals surface area contributed by atoms with Crippen LogP contribution in [0, 0.1) is 6.92 Å². The van der Waals surface area contributed by atoms with Crippen molar-refractivity contribution in [2.24, 2.45) is 0 Å². The number of alkyl halides is 3. The van der Waals surface area contributed by atoms with Crippen LogP contribution in [-0.4, -0.2) is 36.8 Å². The summed E-state index contributed by atoms with van der Waals surface area (Å²) in [6.45, 7) is 2.73. The number of rotatable bonds is 6. The first-order valence-electron chi connectivity index (χ1n) is 9.22. The van der Waals surface area contributed by atoms with Crippen molar-refractivity contribution in [3.8, 4) is 10.6 Å². The Morgan fingerprint density at radius 3 is 2.74 bits per heavy atom. The molecule has 0 aliphatic heterocycles. The molecular weight excluding hydrogens is 453 g/mol. The minimum Gasteiger partial charge on any atom is -0.351 e. The van der Waals surface area contributed by atoms with Crippen LogP contribution in [0.25, 0.3) is 16.2 Å². The van der Waals surface area contributed by atoms with Crippen LogP contribution < -0.4 is 5.32 Å². The second kappa shape index (κ2) is 8.31. The molecule has 0 bridgehead atoms. The first kappa shape index (κ1) is 21.3. The highest BCUT2D eigenvalue weighted by Gasteiger charge is 2.36. The zero-order valence-corrected chi connectivity index (χ0v) is 17.7. The summed E-state index contributed by atoms with van der Waals surface area (Å²) < 4.78 is 43.3. The van der Waals surface area contributed by atoms with Crippen molar-refractivity contribution in [2.45, 2.75) is 26.1 Å². The van der Waals surface area contributed by atoms with Gasteiger partial charge in [0, 0.05) is 19.3 Å². The number of carbonyl (C=O) groups excluding carboxylic acids is 1.